The Bertz CT molecular complexity index is 129. The molecule has 0 aliphatic rings. The molecule has 0 fully saturated rings. The molecule has 1 atom stereocenters. The first-order valence-corrected chi connectivity index (χ1v) is 2.65. The quantitative estimate of drug-likeness (QED) is 0.397. The van der Waals surface area contributed by atoms with E-state index in [0.717, 1.165) is 0 Å². The molecule has 1 unspecified atom stereocenters. The number of hydrogen-bond donors (Lipinski definition) is 4. The zero-order valence-electron chi connectivity index (χ0n) is 5.89. The Labute approximate surface area is 62.7 Å². The third-order valence-corrected chi connectivity index (χ3v) is 0.493. The molecule has 0 bridgehead atoms. The topological polar surface area (TPSA) is 115 Å². The lowest BCUT2D eigenvalue weighted by Crippen LogP contribution is -2.13. The summed E-state index contributed by atoms with van der Waals surface area (Å²) >= 11 is 0. The van der Waals surface area contributed by atoms with Crippen LogP contribution >= 0.6 is 0 Å². The van der Waals surface area contributed by atoms with Crippen molar-refractivity contribution in [3.05, 3.63) is 0 Å². The third kappa shape index (κ3) is 17.7. The summed E-state index contributed by atoms with van der Waals surface area (Å²) in [6.45, 7) is 0.419. The van der Waals surface area contributed by atoms with E-state index < -0.39 is 24.6 Å². The average molecular weight is 166 g/mol. The lowest BCUT2D eigenvalue weighted by molar-refractivity contribution is -0.145. The van der Waals surface area contributed by atoms with E-state index in [1.807, 2.05) is 0 Å². The van der Waals surface area contributed by atoms with Crippen LogP contribution in [0.3, 0.4) is 0 Å². The molecule has 6 heteroatoms. The van der Waals surface area contributed by atoms with Crippen LogP contribution in [0.25, 0.3) is 0 Å². The van der Waals surface area contributed by atoms with Gasteiger partial charge in [-0.15, -0.1) is 0 Å². The Morgan fingerprint density at radius 3 is 1.55 bits per heavy atom. The first-order valence-electron chi connectivity index (χ1n) is 2.65. The number of carbonyl (C=O) groups is 2. The van der Waals surface area contributed by atoms with Crippen LogP contribution in [0.15, 0.2) is 0 Å². The smallest absolute Gasteiger partial charge is 0.332 e. The van der Waals surface area contributed by atoms with E-state index >= 15 is 0 Å². The second-order valence-corrected chi connectivity index (χ2v) is 1.57. The third-order valence-electron chi connectivity index (χ3n) is 0.493. The van der Waals surface area contributed by atoms with Crippen molar-refractivity contribution in [1.29, 1.82) is 0 Å². The average Bonchev–Trinajstić information content (AvgIpc) is 1.89. The lowest BCUT2D eigenvalue weighted by Gasteiger charge is -1.89. The summed E-state index contributed by atoms with van der Waals surface area (Å²) in [4.78, 5) is 18.6. The Hall–Kier alpha value is -1.14. The van der Waals surface area contributed by atoms with Crippen LogP contribution in [-0.4, -0.2) is 45.1 Å². The van der Waals surface area contributed by atoms with E-state index in [2.05, 4.69) is 0 Å². The molecule has 11 heavy (non-hydrogen) atoms. The van der Waals surface area contributed by atoms with Gasteiger partial charge in [-0.05, 0) is 6.92 Å². The van der Waals surface area contributed by atoms with Crippen molar-refractivity contribution >= 4 is 11.9 Å². The van der Waals surface area contributed by atoms with E-state index in [1.165, 1.54) is 6.92 Å². The van der Waals surface area contributed by atoms with E-state index in [9.17, 15) is 4.79 Å². The SMILES string of the molecule is CC(O)C(=O)O.O=C(O)CO. The number of carboxylic acids is 2. The fourth-order valence-corrected chi connectivity index (χ4v) is 0. The van der Waals surface area contributed by atoms with E-state index in [1.54, 1.807) is 0 Å². The number of aliphatic carboxylic acids is 2. The molecule has 0 rings (SSSR count). The minimum atomic E-state index is -1.23. The van der Waals surface area contributed by atoms with Gasteiger partial charge >= 0.3 is 11.9 Å². The Kier molecular flexibility index (Phi) is 7.94. The fourth-order valence-electron chi connectivity index (χ4n) is 0. The maximum Gasteiger partial charge on any atom is 0.332 e. The molecule has 0 saturated heterocycles. The van der Waals surface area contributed by atoms with Crippen LogP contribution in [0.5, 0.6) is 0 Å². The standard InChI is InChI=1S/C3H6O3.C2H4O3/c1-2(4)3(5)6;3-1-2(4)5/h2,4H,1H3,(H,5,6);3H,1H2,(H,4,5). The van der Waals surface area contributed by atoms with Crippen molar-refractivity contribution < 1.29 is 30.0 Å². The zero-order valence-corrected chi connectivity index (χ0v) is 5.89. The molecule has 0 aromatic carbocycles. The van der Waals surface area contributed by atoms with E-state index in [4.69, 9.17) is 25.2 Å². The monoisotopic (exact) mass is 166 g/mol. The molecule has 0 aliphatic heterocycles. The highest BCUT2D eigenvalue weighted by atomic mass is 16.4. The minimum Gasteiger partial charge on any atom is -0.480 e. The predicted molar refractivity (Wildman–Crippen MR) is 34.0 cm³/mol. The highest BCUT2D eigenvalue weighted by molar-refractivity contribution is 5.71. The fraction of sp³-hybridized carbons (Fsp3) is 0.600. The number of rotatable bonds is 2. The van der Waals surface area contributed by atoms with E-state index in [-0.39, 0.29) is 0 Å². The molecule has 0 spiro atoms. The minimum absolute atomic E-state index is 0.778. The normalized spacial score (nSPS) is 10.8. The molecule has 0 radical (unpaired) electrons. The highest BCUT2D eigenvalue weighted by Crippen LogP contribution is 1.73. The van der Waals surface area contributed by atoms with Crippen molar-refractivity contribution in [3.8, 4) is 0 Å². The maximum absolute atomic E-state index is 9.45. The molecular formula is C5H10O6. The van der Waals surface area contributed by atoms with Gasteiger partial charge in [0, 0.05) is 0 Å². The van der Waals surface area contributed by atoms with Gasteiger partial charge in [0.1, 0.15) is 12.7 Å². The first kappa shape index (κ1) is 12.5. The largest absolute Gasteiger partial charge is 0.480 e. The molecule has 6 nitrogen and oxygen atoms in total. The highest BCUT2D eigenvalue weighted by Gasteiger charge is 2.01. The van der Waals surface area contributed by atoms with Gasteiger partial charge in [0.05, 0.1) is 0 Å². The summed E-state index contributed by atoms with van der Waals surface area (Å²) in [5, 5.41) is 30.8. The summed E-state index contributed by atoms with van der Waals surface area (Å²) in [7, 11) is 0. The van der Waals surface area contributed by atoms with Crippen molar-refractivity contribution in [3.63, 3.8) is 0 Å². The van der Waals surface area contributed by atoms with Crippen LogP contribution in [0.1, 0.15) is 6.92 Å². The summed E-state index contributed by atoms with van der Waals surface area (Å²) in [5.74, 6) is -2.37. The molecule has 0 aromatic heterocycles. The van der Waals surface area contributed by atoms with Gasteiger partial charge in [-0.1, -0.05) is 0 Å². The zero-order chi connectivity index (χ0) is 9.44. The van der Waals surface area contributed by atoms with Gasteiger partial charge < -0.3 is 20.4 Å². The van der Waals surface area contributed by atoms with Crippen LogP contribution in [0.4, 0.5) is 0 Å². The molecule has 0 heterocycles. The summed E-state index contributed by atoms with van der Waals surface area (Å²) in [5.41, 5.74) is 0. The van der Waals surface area contributed by atoms with Crippen molar-refractivity contribution in [2.24, 2.45) is 0 Å². The number of carboxylic acid groups (broad SMARTS) is 2. The molecule has 0 saturated carbocycles. The molecule has 66 valence electrons. The molecular weight excluding hydrogens is 156 g/mol. The van der Waals surface area contributed by atoms with Gasteiger partial charge in [-0.3, -0.25) is 0 Å². The van der Waals surface area contributed by atoms with Crippen LogP contribution < -0.4 is 0 Å². The van der Waals surface area contributed by atoms with Crippen LogP contribution in [-0.2, 0) is 9.59 Å². The Balaban J connectivity index is 0. The molecule has 4 N–H and O–H groups in total. The lowest BCUT2D eigenvalue weighted by atomic mass is 10.4. The molecule has 0 aromatic rings. The summed E-state index contributed by atoms with van der Waals surface area (Å²) < 4.78 is 0. The summed E-state index contributed by atoms with van der Waals surface area (Å²) in [6.07, 6.45) is -1.23. The van der Waals surface area contributed by atoms with Crippen molar-refractivity contribution in [2.75, 3.05) is 6.61 Å². The predicted octanol–water partition coefficient (Wildman–Crippen LogP) is -1.48. The number of hydrogen-bond acceptors (Lipinski definition) is 4. The summed E-state index contributed by atoms with van der Waals surface area (Å²) in [6, 6.07) is 0. The maximum atomic E-state index is 9.45. The van der Waals surface area contributed by atoms with Crippen LogP contribution in [0.2, 0.25) is 0 Å². The number of aliphatic hydroxyl groups excluding tert-OH is 2. The van der Waals surface area contributed by atoms with Gasteiger partial charge in [0.15, 0.2) is 0 Å². The first-order chi connectivity index (χ1) is 4.91. The van der Waals surface area contributed by atoms with Crippen molar-refractivity contribution in [1.82, 2.24) is 0 Å². The van der Waals surface area contributed by atoms with Crippen molar-refractivity contribution in [2.45, 2.75) is 13.0 Å². The molecule has 0 amide bonds. The Morgan fingerprint density at radius 2 is 1.55 bits per heavy atom. The van der Waals surface area contributed by atoms with Gasteiger partial charge in [-0.25, -0.2) is 9.59 Å². The van der Waals surface area contributed by atoms with Gasteiger partial charge in [-0.2, -0.15) is 0 Å². The van der Waals surface area contributed by atoms with Gasteiger partial charge in [0.25, 0.3) is 0 Å². The number of aliphatic hydroxyl groups is 2. The second kappa shape index (κ2) is 6.97. The van der Waals surface area contributed by atoms with Crippen LogP contribution in [0, 0.1) is 0 Å². The van der Waals surface area contributed by atoms with Gasteiger partial charge in [0.2, 0.25) is 0 Å². The van der Waals surface area contributed by atoms with E-state index in [0.29, 0.717) is 0 Å². The Morgan fingerprint density at radius 1 is 1.36 bits per heavy atom. The second-order valence-electron chi connectivity index (χ2n) is 1.57. The molecule has 0 aliphatic carbocycles.